The van der Waals surface area contributed by atoms with Gasteiger partial charge in [-0.3, -0.25) is 0 Å². The van der Waals surface area contributed by atoms with Crippen LogP contribution >= 0.6 is 0 Å². The quantitative estimate of drug-likeness (QED) is 0.907. The molecule has 24 heavy (non-hydrogen) atoms. The monoisotopic (exact) mass is 328 g/mol. The molecule has 1 aromatic carbocycles. The number of aromatic nitrogens is 2. The highest BCUT2D eigenvalue weighted by molar-refractivity contribution is 5.60. The molecule has 3 heterocycles. The smallest absolute Gasteiger partial charge is 0.126 e. The number of nitrogens with one attached hydrogen (secondary N) is 2. The second-order valence-electron chi connectivity index (χ2n) is 7.15. The predicted octanol–water partition coefficient (Wildman–Crippen LogP) is 2.68. The third kappa shape index (κ3) is 3.10. The van der Waals surface area contributed by atoms with Crippen LogP contribution in [0.2, 0.25) is 0 Å². The van der Waals surface area contributed by atoms with Crippen LogP contribution in [0.5, 0.6) is 0 Å². The van der Waals surface area contributed by atoms with Crippen LogP contribution in [0.15, 0.2) is 24.4 Å². The van der Waals surface area contributed by atoms with Crippen molar-refractivity contribution < 1.29 is 4.39 Å². The zero-order chi connectivity index (χ0) is 16.5. The molecule has 2 aliphatic heterocycles. The molecule has 0 atom stereocenters. The fraction of sp³-hybridized carbons (Fsp3) is 0.526. The molecule has 5 heteroatoms. The van der Waals surface area contributed by atoms with Gasteiger partial charge in [0.25, 0.3) is 0 Å². The van der Waals surface area contributed by atoms with Crippen molar-refractivity contribution in [3.05, 3.63) is 41.6 Å². The SMILES string of the molecule is Cc1cc(-c2cn(CC3CNC3)c(C3CCNCC3)n2)ccc1F. The predicted molar refractivity (Wildman–Crippen MR) is 93.6 cm³/mol. The highest BCUT2D eigenvalue weighted by Gasteiger charge is 2.25. The number of aryl methyl sites for hydroxylation is 1. The van der Waals surface area contributed by atoms with Crippen LogP contribution in [0.4, 0.5) is 4.39 Å². The maximum atomic E-state index is 13.6. The van der Waals surface area contributed by atoms with Crippen molar-refractivity contribution in [1.29, 1.82) is 0 Å². The molecule has 4 nitrogen and oxygen atoms in total. The van der Waals surface area contributed by atoms with E-state index in [1.165, 1.54) is 5.82 Å². The first-order valence-corrected chi connectivity index (χ1v) is 8.96. The number of halogens is 1. The number of hydrogen-bond donors (Lipinski definition) is 2. The molecule has 0 aliphatic carbocycles. The van der Waals surface area contributed by atoms with Gasteiger partial charge in [0.15, 0.2) is 0 Å². The molecule has 4 rings (SSSR count). The van der Waals surface area contributed by atoms with Crippen LogP contribution in [0.3, 0.4) is 0 Å². The first-order chi connectivity index (χ1) is 11.7. The number of piperidine rings is 1. The summed E-state index contributed by atoms with van der Waals surface area (Å²) in [6.45, 7) is 7.15. The Balaban J connectivity index is 1.67. The van der Waals surface area contributed by atoms with E-state index in [9.17, 15) is 4.39 Å². The van der Waals surface area contributed by atoms with Gasteiger partial charge in [-0.15, -0.1) is 0 Å². The van der Waals surface area contributed by atoms with E-state index in [2.05, 4.69) is 21.4 Å². The summed E-state index contributed by atoms with van der Waals surface area (Å²) in [4.78, 5) is 4.98. The lowest BCUT2D eigenvalue weighted by Crippen LogP contribution is -2.44. The van der Waals surface area contributed by atoms with Crippen molar-refractivity contribution >= 4 is 0 Å². The van der Waals surface area contributed by atoms with Crippen molar-refractivity contribution in [1.82, 2.24) is 20.2 Å². The zero-order valence-corrected chi connectivity index (χ0v) is 14.2. The third-order valence-electron chi connectivity index (χ3n) is 5.29. The molecule has 1 aromatic heterocycles. The van der Waals surface area contributed by atoms with Crippen molar-refractivity contribution in [3.63, 3.8) is 0 Å². The van der Waals surface area contributed by atoms with Gasteiger partial charge in [0.05, 0.1) is 5.69 Å². The molecular weight excluding hydrogens is 303 g/mol. The Hall–Kier alpha value is -1.72. The average molecular weight is 328 g/mol. The van der Waals surface area contributed by atoms with E-state index in [0.717, 1.165) is 56.8 Å². The molecule has 0 saturated carbocycles. The molecule has 0 bridgehead atoms. The zero-order valence-electron chi connectivity index (χ0n) is 14.2. The van der Waals surface area contributed by atoms with Crippen LogP contribution < -0.4 is 10.6 Å². The summed E-state index contributed by atoms with van der Waals surface area (Å²) in [5, 5.41) is 6.78. The van der Waals surface area contributed by atoms with E-state index >= 15 is 0 Å². The van der Waals surface area contributed by atoms with Gasteiger partial charge < -0.3 is 15.2 Å². The van der Waals surface area contributed by atoms with Crippen LogP contribution in [-0.2, 0) is 6.54 Å². The van der Waals surface area contributed by atoms with Crippen LogP contribution in [-0.4, -0.2) is 35.7 Å². The Labute approximate surface area is 142 Å². The van der Waals surface area contributed by atoms with Gasteiger partial charge in [-0.05, 0) is 56.6 Å². The van der Waals surface area contributed by atoms with Gasteiger partial charge >= 0.3 is 0 Å². The van der Waals surface area contributed by atoms with Crippen LogP contribution in [0.25, 0.3) is 11.3 Å². The Morgan fingerprint density at radius 3 is 2.67 bits per heavy atom. The Bertz CT molecular complexity index is 714. The highest BCUT2D eigenvalue weighted by atomic mass is 19.1. The standard InChI is InChI=1S/C19H25FN4/c1-13-8-16(2-3-17(13)20)18-12-24(11-14-9-22-10-14)19(23-18)15-4-6-21-7-5-15/h2-3,8,12,14-15,21-22H,4-7,9-11H2,1H3. The molecule has 0 radical (unpaired) electrons. The first kappa shape index (κ1) is 15.8. The van der Waals surface area contributed by atoms with Crippen LogP contribution in [0, 0.1) is 18.7 Å². The molecular formula is C19H25FN4. The van der Waals surface area contributed by atoms with Gasteiger partial charge in [-0.1, -0.05) is 0 Å². The van der Waals surface area contributed by atoms with E-state index in [1.54, 1.807) is 6.07 Å². The first-order valence-electron chi connectivity index (χ1n) is 8.96. The van der Waals surface area contributed by atoms with E-state index in [4.69, 9.17) is 4.98 Å². The normalized spacial score (nSPS) is 19.4. The molecule has 2 fully saturated rings. The maximum absolute atomic E-state index is 13.6. The van der Waals surface area contributed by atoms with Crippen molar-refractivity contribution in [2.75, 3.05) is 26.2 Å². The van der Waals surface area contributed by atoms with Gasteiger partial charge in [-0.2, -0.15) is 0 Å². The topological polar surface area (TPSA) is 41.9 Å². The second kappa shape index (κ2) is 6.65. The van der Waals surface area contributed by atoms with Gasteiger partial charge in [0.2, 0.25) is 0 Å². The summed E-state index contributed by atoms with van der Waals surface area (Å²) >= 11 is 0. The molecule has 0 amide bonds. The second-order valence-corrected chi connectivity index (χ2v) is 7.15. The summed E-state index contributed by atoms with van der Waals surface area (Å²) in [7, 11) is 0. The lowest BCUT2D eigenvalue weighted by molar-refractivity contribution is 0.298. The van der Waals surface area contributed by atoms with Crippen molar-refractivity contribution in [3.8, 4) is 11.3 Å². The Morgan fingerprint density at radius 2 is 2.00 bits per heavy atom. The molecule has 2 aliphatic rings. The number of rotatable bonds is 4. The van der Waals surface area contributed by atoms with E-state index in [0.29, 0.717) is 17.4 Å². The third-order valence-corrected chi connectivity index (χ3v) is 5.29. The minimum atomic E-state index is -0.155. The summed E-state index contributed by atoms with van der Waals surface area (Å²) in [6, 6.07) is 5.29. The summed E-state index contributed by atoms with van der Waals surface area (Å²) in [6.07, 6.45) is 4.45. The van der Waals surface area contributed by atoms with E-state index < -0.39 is 0 Å². The number of nitrogens with zero attached hydrogens (tertiary/aromatic N) is 2. The number of imidazole rings is 1. The molecule has 128 valence electrons. The molecule has 2 N–H and O–H groups in total. The lowest BCUT2D eigenvalue weighted by Gasteiger charge is -2.29. The van der Waals surface area contributed by atoms with Crippen molar-refractivity contribution in [2.24, 2.45) is 5.92 Å². The lowest BCUT2D eigenvalue weighted by atomic mass is 9.96. The Morgan fingerprint density at radius 1 is 1.21 bits per heavy atom. The fourth-order valence-corrected chi connectivity index (χ4v) is 3.68. The number of benzene rings is 1. The summed E-state index contributed by atoms with van der Waals surface area (Å²) in [5.41, 5.74) is 2.65. The number of hydrogen-bond acceptors (Lipinski definition) is 3. The van der Waals surface area contributed by atoms with Gasteiger partial charge in [0.1, 0.15) is 11.6 Å². The molecule has 2 saturated heterocycles. The van der Waals surface area contributed by atoms with Crippen molar-refractivity contribution in [2.45, 2.75) is 32.2 Å². The van der Waals surface area contributed by atoms with Gasteiger partial charge in [0, 0.05) is 43.2 Å². The highest BCUT2D eigenvalue weighted by Crippen LogP contribution is 2.29. The van der Waals surface area contributed by atoms with Crippen LogP contribution in [0.1, 0.15) is 30.1 Å². The summed E-state index contributed by atoms with van der Waals surface area (Å²) < 4.78 is 15.9. The minimum Gasteiger partial charge on any atom is -0.334 e. The Kier molecular flexibility index (Phi) is 4.37. The summed E-state index contributed by atoms with van der Waals surface area (Å²) in [5.74, 6) is 2.27. The van der Waals surface area contributed by atoms with Gasteiger partial charge in [-0.25, -0.2) is 9.37 Å². The minimum absolute atomic E-state index is 0.155. The average Bonchev–Trinajstić information content (AvgIpc) is 2.98. The molecule has 2 aromatic rings. The fourth-order valence-electron chi connectivity index (χ4n) is 3.68. The molecule has 0 unspecified atom stereocenters. The van der Waals surface area contributed by atoms with E-state index in [1.807, 2.05) is 19.1 Å². The molecule has 0 spiro atoms. The maximum Gasteiger partial charge on any atom is 0.126 e. The van der Waals surface area contributed by atoms with E-state index in [-0.39, 0.29) is 5.82 Å². The largest absolute Gasteiger partial charge is 0.334 e.